The quantitative estimate of drug-likeness (QED) is 0.824. The van der Waals surface area contributed by atoms with Crippen LogP contribution < -0.4 is 10.0 Å². The fourth-order valence-electron chi connectivity index (χ4n) is 3.22. The lowest BCUT2D eigenvalue weighted by molar-refractivity contribution is 0.0655. The number of hydrogen-bond acceptors (Lipinski definition) is 4. The van der Waals surface area contributed by atoms with Gasteiger partial charge in [-0.15, -0.1) is 0 Å². The van der Waals surface area contributed by atoms with Gasteiger partial charge in [0.2, 0.25) is 10.0 Å². The average Bonchev–Trinajstić information content (AvgIpc) is 2.68. The summed E-state index contributed by atoms with van der Waals surface area (Å²) in [5, 5.41) is 3.24. The van der Waals surface area contributed by atoms with E-state index in [0.717, 1.165) is 18.7 Å². The molecule has 0 bridgehead atoms. The minimum Gasteiger partial charge on any atom is -0.333 e. The summed E-state index contributed by atoms with van der Waals surface area (Å²) in [6.45, 7) is 5.86. The van der Waals surface area contributed by atoms with Crippen LogP contribution in [0.1, 0.15) is 35.8 Å². The van der Waals surface area contributed by atoms with Crippen LogP contribution in [-0.2, 0) is 10.0 Å². The van der Waals surface area contributed by atoms with Crippen LogP contribution in [0.15, 0.2) is 59.5 Å². The van der Waals surface area contributed by atoms with Crippen molar-refractivity contribution in [2.75, 3.05) is 19.6 Å². The summed E-state index contributed by atoms with van der Waals surface area (Å²) >= 11 is 0. The van der Waals surface area contributed by atoms with Gasteiger partial charge in [-0.05, 0) is 37.6 Å². The molecular formula is C20H25N3O3S. The number of benzene rings is 2. The fourth-order valence-corrected chi connectivity index (χ4v) is 4.49. The molecule has 1 aliphatic heterocycles. The van der Waals surface area contributed by atoms with Gasteiger partial charge >= 0.3 is 0 Å². The third kappa shape index (κ3) is 4.55. The Morgan fingerprint density at radius 2 is 1.93 bits per heavy atom. The Morgan fingerprint density at radius 1 is 1.19 bits per heavy atom. The van der Waals surface area contributed by atoms with Gasteiger partial charge in [0, 0.05) is 37.3 Å². The summed E-state index contributed by atoms with van der Waals surface area (Å²) in [4.78, 5) is 14.7. The highest BCUT2D eigenvalue weighted by Crippen LogP contribution is 2.19. The fraction of sp³-hybridized carbons (Fsp3) is 0.350. The highest BCUT2D eigenvalue weighted by Gasteiger charge is 2.25. The maximum Gasteiger partial charge on any atom is 0.254 e. The van der Waals surface area contributed by atoms with Gasteiger partial charge in [-0.1, -0.05) is 36.4 Å². The molecule has 0 aromatic heterocycles. The molecule has 2 unspecified atom stereocenters. The van der Waals surface area contributed by atoms with Gasteiger partial charge in [0.05, 0.1) is 4.90 Å². The van der Waals surface area contributed by atoms with Crippen LogP contribution in [0.4, 0.5) is 0 Å². The summed E-state index contributed by atoms with van der Waals surface area (Å²) in [6, 6.07) is 15.3. The Balaban J connectivity index is 1.80. The number of nitrogens with one attached hydrogen (secondary N) is 2. The Bertz CT molecular complexity index is 900. The SMILES string of the molecule is CC(NS(=O)(=O)c1cccc(C(=O)N2CCNCC2C)c1)c1ccccc1. The molecule has 0 aliphatic carbocycles. The zero-order valence-corrected chi connectivity index (χ0v) is 16.4. The van der Waals surface area contributed by atoms with Crippen LogP contribution in [0.3, 0.4) is 0 Å². The van der Waals surface area contributed by atoms with Gasteiger partial charge in [-0.2, -0.15) is 0 Å². The van der Waals surface area contributed by atoms with E-state index in [1.54, 1.807) is 24.0 Å². The van der Waals surface area contributed by atoms with Gasteiger partial charge in [0.15, 0.2) is 0 Å². The monoisotopic (exact) mass is 387 g/mol. The van der Waals surface area contributed by atoms with Crippen LogP contribution >= 0.6 is 0 Å². The van der Waals surface area contributed by atoms with Gasteiger partial charge in [-0.25, -0.2) is 13.1 Å². The van der Waals surface area contributed by atoms with E-state index in [4.69, 9.17) is 0 Å². The summed E-state index contributed by atoms with van der Waals surface area (Å²) in [7, 11) is -3.74. The number of rotatable bonds is 5. The molecule has 0 radical (unpaired) electrons. The van der Waals surface area contributed by atoms with E-state index < -0.39 is 10.0 Å². The maximum atomic E-state index is 12.8. The minimum absolute atomic E-state index is 0.0720. The second-order valence-corrected chi connectivity index (χ2v) is 8.55. The maximum absolute atomic E-state index is 12.8. The van der Waals surface area contributed by atoms with Gasteiger partial charge in [-0.3, -0.25) is 4.79 Å². The topological polar surface area (TPSA) is 78.5 Å². The van der Waals surface area contributed by atoms with E-state index >= 15 is 0 Å². The molecule has 6 nitrogen and oxygen atoms in total. The van der Waals surface area contributed by atoms with Crippen molar-refractivity contribution in [1.82, 2.24) is 14.9 Å². The second-order valence-electron chi connectivity index (χ2n) is 6.83. The number of amides is 1. The van der Waals surface area contributed by atoms with Crippen molar-refractivity contribution in [3.63, 3.8) is 0 Å². The Morgan fingerprint density at radius 3 is 2.63 bits per heavy atom. The first-order valence-corrected chi connectivity index (χ1v) is 10.6. The lowest BCUT2D eigenvalue weighted by atomic mass is 10.1. The minimum atomic E-state index is -3.74. The summed E-state index contributed by atoms with van der Waals surface area (Å²) in [5.41, 5.74) is 1.27. The van der Waals surface area contributed by atoms with Crippen LogP contribution in [-0.4, -0.2) is 44.9 Å². The molecule has 27 heavy (non-hydrogen) atoms. The molecule has 3 rings (SSSR count). The zero-order chi connectivity index (χ0) is 19.4. The average molecular weight is 388 g/mol. The van der Waals surface area contributed by atoms with E-state index in [-0.39, 0.29) is 22.9 Å². The van der Waals surface area contributed by atoms with E-state index in [0.29, 0.717) is 12.1 Å². The third-order valence-corrected chi connectivity index (χ3v) is 6.32. The largest absolute Gasteiger partial charge is 0.333 e. The van der Waals surface area contributed by atoms with E-state index in [9.17, 15) is 13.2 Å². The lowest BCUT2D eigenvalue weighted by Crippen LogP contribution is -2.52. The number of carbonyl (C=O) groups excluding carboxylic acids is 1. The lowest BCUT2D eigenvalue weighted by Gasteiger charge is -2.34. The molecule has 1 aliphatic rings. The molecular weight excluding hydrogens is 362 g/mol. The Labute approximate surface area is 160 Å². The third-order valence-electron chi connectivity index (χ3n) is 4.78. The van der Waals surface area contributed by atoms with Crippen LogP contribution in [0.5, 0.6) is 0 Å². The van der Waals surface area contributed by atoms with Crippen molar-refractivity contribution < 1.29 is 13.2 Å². The highest BCUT2D eigenvalue weighted by molar-refractivity contribution is 7.89. The highest BCUT2D eigenvalue weighted by atomic mass is 32.2. The van der Waals surface area contributed by atoms with Crippen molar-refractivity contribution >= 4 is 15.9 Å². The van der Waals surface area contributed by atoms with E-state index in [1.807, 2.05) is 37.3 Å². The summed E-state index contributed by atoms with van der Waals surface area (Å²) < 4.78 is 28.3. The molecule has 0 saturated carbocycles. The van der Waals surface area contributed by atoms with Crippen LogP contribution in [0.25, 0.3) is 0 Å². The van der Waals surface area contributed by atoms with Crippen LogP contribution in [0, 0.1) is 0 Å². The molecule has 7 heteroatoms. The predicted molar refractivity (Wildman–Crippen MR) is 105 cm³/mol. The Kier molecular flexibility index (Phi) is 5.94. The predicted octanol–water partition coefficient (Wildman–Crippen LogP) is 2.16. The van der Waals surface area contributed by atoms with Crippen molar-refractivity contribution in [2.24, 2.45) is 0 Å². The molecule has 2 atom stereocenters. The molecule has 2 aromatic rings. The van der Waals surface area contributed by atoms with Gasteiger partial charge in [0.1, 0.15) is 0 Å². The van der Waals surface area contributed by atoms with Crippen LogP contribution in [0.2, 0.25) is 0 Å². The first-order valence-electron chi connectivity index (χ1n) is 9.07. The second kappa shape index (κ2) is 8.21. The normalized spacial score (nSPS) is 18.9. The molecule has 1 amide bonds. The first kappa shape index (κ1) is 19.5. The zero-order valence-electron chi connectivity index (χ0n) is 15.6. The molecule has 2 N–H and O–H groups in total. The molecule has 1 saturated heterocycles. The molecule has 1 heterocycles. The smallest absolute Gasteiger partial charge is 0.254 e. The van der Waals surface area contributed by atoms with Crippen molar-refractivity contribution in [3.8, 4) is 0 Å². The number of nitrogens with zero attached hydrogens (tertiary/aromatic N) is 1. The standard InChI is InChI=1S/C20H25N3O3S/c1-15-14-21-11-12-23(15)20(24)18-9-6-10-19(13-18)27(25,26)22-16(2)17-7-4-3-5-8-17/h3-10,13,15-16,21-22H,11-12,14H2,1-2H3. The summed E-state index contributed by atoms with van der Waals surface area (Å²) in [5.74, 6) is -0.142. The number of carbonyl (C=O) groups is 1. The van der Waals surface area contributed by atoms with E-state index in [2.05, 4.69) is 10.0 Å². The number of hydrogen-bond donors (Lipinski definition) is 2. The van der Waals surface area contributed by atoms with Crippen molar-refractivity contribution in [2.45, 2.75) is 30.8 Å². The van der Waals surface area contributed by atoms with Gasteiger partial charge in [0.25, 0.3) is 5.91 Å². The molecule has 2 aromatic carbocycles. The van der Waals surface area contributed by atoms with E-state index in [1.165, 1.54) is 12.1 Å². The first-order chi connectivity index (χ1) is 12.9. The number of piperazine rings is 1. The van der Waals surface area contributed by atoms with Gasteiger partial charge < -0.3 is 10.2 Å². The summed E-state index contributed by atoms with van der Waals surface area (Å²) in [6.07, 6.45) is 0. The molecule has 0 spiro atoms. The van der Waals surface area contributed by atoms with Crippen molar-refractivity contribution in [1.29, 1.82) is 0 Å². The number of sulfonamides is 1. The van der Waals surface area contributed by atoms with Crippen molar-refractivity contribution in [3.05, 3.63) is 65.7 Å². The molecule has 144 valence electrons. The Hall–Kier alpha value is -2.22. The molecule has 1 fully saturated rings.